The highest BCUT2D eigenvalue weighted by atomic mass is 15.3. The maximum absolute atomic E-state index is 4.27. The molecule has 1 unspecified atom stereocenters. The topological polar surface area (TPSA) is 42.2 Å². The van der Waals surface area contributed by atoms with Crippen LogP contribution in [0.25, 0.3) is 5.65 Å². The van der Waals surface area contributed by atoms with E-state index in [4.69, 9.17) is 0 Å². The summed E-state index contributed by atoms with van der Waals surface area (Å²) in [5, 5.41) is 12.0. The Kier molecular flexibility index (Phi) is 3.74. The molecule has 2 aromatic heterocycles. The molecule has 1 atom stereocenters. The van der Waals surface area contributed by atoms with Crippen molar-refractivity contribution in [3.8, 4) is 0 Å². The van der Waals surface area contributed by atoms with E-state index in [2.05, 4.69) is 36.3 Å². The molecular formula is C13H20N4. The van der Waals surface area contributed by atoms with E-state index >= 15 is 0 Å². The second kappa shape index (κ2) is 5.27. The van der Waals surface area contributed by atoms with Crippen LogP contribution in [0.1, 0.15) is 45.5 Å². The molecule has 0 radical (unpaired) electrons. The van der Waals surface area contributed by atoms with Crippen molar-refractivity contribution in [2.24, 2.45) is 0 Å². The smallest absolute Gasteiger partial charge is 0.160 e. The summed E-state index contributed by atoms with van der Waals surface area (Å²) < 4.78 is 2.04. The molecule has 4 heteroatoms. The lowest BCUT2D eigenvalue weighted by Gasteiger charge is -2.19. The number of aromatic nitrogens is 3. The number of pyridine rings is 1. The summed E-state index contributed by atoms with van der Waals surface area (Å²) in [6.07, 6.45) is 4.28. The van der Waals surface area contributed by atoms with Crippen molar-refractivity contribution in [3.05, 3.63) is 30.2 Å². The quantitative estimate of drug-likeness (QED) is 0.861. The standard InChI is InChI=1S/C13H20N4/c1-4-11(5-2)14-10(3)13-16-15-12-8-6-7-9-17(12)13/h6-11,14H,4-5H2,1-3H3. The molecule has 0 aromatic carbocycles. The molecule has 0 saturated heterocycles. The summed E-state index contributed by atoms with van der Waals surface area (Å²) in [6, 6.07) is 6.72. The second-order valence-corrected chi connectivity index (χ2v) is 4.39. The number of fused-ring (bicyclic) bond motifs is 1. The van der Waals surface area contributed by atoms with Gasteiger partial charge in [0.05, 0.1) is 6.04 Å². The van der Waals surface area contributed by atoms with E-state index in [1.807, 2.05) is 28.8 Å². The van der Waals surface area contributed by atoms with Gasteiger partial charge in [0.15, 0.2) is 11.5 Å². The number of nitrogens with one attached hydrogen (secondary N) is 1. The van der Waals surface area contributed by atoms with Crippen LogP contribution < -0.4 is 5.32 Å². The molecule has 0 aliphatic rings. The van der Waals surface area contributed by atoms with Gasteiger partial charge in [0.1, 0.15) is 0 Å². The molecule has 0 bridgehead atoms. The van der Waals surface area contributed by atoms with Crippen molar-refractivity contribution in [1.29, 1.82) is 0 Å². The van der Waals surface area contributed by atoms with Crippen molar-refractivity contribution in [3.63, 3.8) is 0 Å². The third kappa shape index (κ3) is 2.47. The molecule has 1 N–H and O–H groups in total. The molecular weight excluding hydrogens is 212 g/mol. The van der Waals surface area contributed by atoms with Crippen LogP contribution in [-0.2, 0) is 0 Å². The lowest BCUT2D eigenvalue weighted by molar-refractivity contribution is 0.419. The normalized spacial score (nSPS) is 13.4. The molecule has 17 heavy (non-hydrogen) atoms. The zero-order valence-electron chi connectivity index (χ0n) is 10.7. The summed E-state index contributed by atoms with van der Waals surface area (Å²) in [5.74, 6) is 0.979. The van der Waals surface area contributed by atoms with Gasteiger partial charge in [-0.1, -0.05) is 19.9 Å². The SMILES string of the molecule is CCC(CC)NC(C)c1nnc2ccccn12. The zero-order valence-corrected chi connectivity index (χ0v) is 10.7. The molecule has 2 heterocycles. The summed E-state index contributed by atoms with van der Waals surface area (Å²) in [7, 11) is 0. The maximum atomic E-state index is 4.27. The Bertz CT molecular complexity index is 473. The van der Waals surface area contributed by atoms with Gasteiger partial charge in [-0.25, -0.2) is 0 Å². The minimum Gasteiger partial charge on any atom is -0.305 e. The first-order valence-electron chi connectivity index (χ1n) is 6.32. The molecule has 92 valence electrons. The highest BCUT2D eigenvalue weighted by Gasteiger charge is 2.15. The Labute approximate surface area is 102 Å². The Morgan fingerprint density at radius 2 is 2.00 bits per heavy atom. The van der Waals surface area contributed by atoms with Crippen LogP contribution in [0.2, 0.25) is 0 Å². The third-order valence-electron chi connectivity index (χ3n) is 3.20. The van der Waals surface area contributed by atoms with Gasteiger partial charge in [0.25, 0.3) is 0 Å². The lowest BCUT2D eigenvalue weighted by atomic mass is 10.1. The van der Waals surface area contributed by atoms with E-state index in [0.29, 0.717) is 6.04 Å². The largest absolute Gasteiger partial charge is 0.305 e. The average Bonchev–Trinajstić information content (AvgIpc) is 2.79. The Hall–Kier alpha value is -1.42. The van der Waals surface area contributed by atoms with Gasteiger partial charge in [-0.15, -0.1) is 10.2 Å². The van der Waals surface area contributed by atoms with Gasteiger partial charge in [-0.2, -0.15) is 0 Å². The fraction of sp³-hybridized carbons (Fsp3) is 0.538. The highest BCUT2D eigenvalue weighted by molar-refractivity contribution is 5.37. The summed E-state index contributed by atoms with van der Waals surface area (Å²) in [4.78, 5) is 0. The minimum atomic E-state index is 0.220. The molecule has 4 nitrogen and oxygen atoms in total. The Balaban J connectivity index is 2.21. The van der Waals surface area contributed by atoms with Gasteiger partial charge in [-0.3, -0.25) is 4.40 Å². The van der Waals surface area contributed by atoms with Crippen LogP contribution >= 0.6 is 0 Å². The van der Waals surface area contributed by atoms with Crippen LogP contribution in [0, 0.1) is 0 Å². The molecule has 2 aromatic rings. The van der Waals surface area contributed by atoms with Crippen LogP contribution in [-0.4, -0.2) is 20.6 Å². The molecule has 0 saturated carbocycles. The first-order valence-corrected chi connectivity index (χ1v) is 6.32. The maximum Gasteiger partial charge on any atom is 0.160 e. The summed E-state index contributed by atoms with van der Waals surface area (Å²) in [5.41, 5.74) is 0.903. The van der Waals surface area contributed by atoms with Crippen molar-refractivity contribution < 1.29 is 0 Å². The third-order valence-corrected chi connectivity index (χ3v) is 3.20. The minimum absolute atomic E-state index is 0.220. The van der Waals surface area contributed by atoms with Gasteiger partial charge < -0.3 is 5.32 Å². The first kappa shape index (κ1) is 12.0. The van der Waals surface area contributed by atoms with Gasteiger partial charge in [0.2, 0.25) is 0 Å². The average molecular weight is 232 g/mol. The molecule has 0 fully saturated rings. The molecule has 2 rings (SSSR count). The Morgan fingerprint density at radius 1 is 1.24 bits per heavy atom. The predicted molar refractivity (Wildman–Crippen MR) is 68.9 cm³/mol. The van der Waals surface area contributed by atoms with Crippen LogP contribution in [0.3, 0.4) is 0 Å². The number of hydrogen-bond acceptors (Lipinski definition) is 3. The van der Waals surface area contributed by atoms with E-state index in [1.54, 1.807) is 0 Å². The fourth-order valence-corrected chi connectivity index (χ4v) is 2.11. The number of hydrogen-bond donors (Lipinski definition) is 1. The lowest BCUT2D eigenvalue weighted by Crippen LogP contribution is -2.31. The summed E-state index contributed by atoms with van der Waals surface area (Å²) >= 11 is 0. The van der Waals surface area contributed by atoms with E-state index in [9.17, 15) is 0 Å². The Morgan fingerprint density at radius 3 is 2.71 bits per heavy atom. The van der Waals surface area contributed by atoms with Crippen molar-refractivity contribution in [1.82, 2.24) is 19.9 Å². The highest BCUT2D eigenvalue weighted by Crippen LogP contribution is 2.13. The van der Waals surface area contributed by atoms with Gasteiger partial charge in [-0.05, 0) is 31.9 Å². The number of rotatable bonds is 5. The van der Waals surface area contributed by atoms with Crippen molar-refractivity contribution in [2.75, 3.05) is 0 Å². The van der Waals surface area contributed by atoms with Crippen LogP contribution in [0.4, 0.5) is 0 Å². The molecule has 0 aliphatic carbocycles. The molecule has 0 amide bonds. The van der Waals surface area contributed by atoms with Crippen molar-refractivity contribution in [2.45, 2.75) is 45.7 Å². The monoisotopic (exact) mass is 232 g/mol. The number of nitrogens with zero attached hydrogens (tertiary/aromatic N) is 3. The van der Waals surface area contributed by atoms with Crippen molar-refractivity contribution >= 4 is 5.65 Å². The van der Waals surface area contributed by atoms with Crippen LogP contribution in [0.5, 0.6) is 0 Å². The first-order chi connectivity index (χ1) is 8.26. The van der Waals surface area contributed by atoms with Gasteiger partial charge in [0, 0.05) is 12.2 Å². The fourth-order valence-electron chi connectivity index (χ4n) is 2.11. The zero-order chi connectivity index (χ0) is 12.3. The van der Waals surface area contributed by atoms with E-state index in [0.717, 1.165) is 24.3 Å². The van der Waals surface area contributed by atoms with E-state index < -0.39 is 0 Å². The van der Waals surface area contributed by atoms with Crippen LogP contribution in [0.15, 0.2) is 24.4 Å². The van der Waals surface area contributed by atoms with E-state index in [1.165, 1.54) is 0 Å². The van der Waals surface area contributed by atoms with E-state index in [-0.39, 0.29) is 6.04 Å². The van der Waals surface area contributed by atoms with Gasteiger partial charge >= 0.3 is 0 Å². The molecule has 0 aliphatic heterocycles. The molecule has 0 spiro atoms. The predicted octanol–water partition coefficient (Wildman–Crippen LogP) is 2.57. The second-order valence-electron chi connectivity index (χ2n) is 4.39. The summed E-state index contributed by atoms with van der Waals surface area (Å²) in [6.45, 7) is 6.55.